The third-order valence-corrected chi connectivity index (χ3v) is 5.06. The number of anilines is 3. The second-order valence-electron chi connectivity index (χ2n) is 7.03. The summed E-state index contributed by atoms with van der Waals surface area (Å²) in [5.74, 6) is 0.952. The van der Waals surface area contributed by atoms with Crippen molar-refractivity contribution in [3.05, 3.63) is 84.1 Å². The third kappa shape index (κ3) is 4.14. The van der Waals surface area contributed by atoms with Gasteiger partial charge in [-0.3, -0.25) is 4.79 Å². The molecule has 3 aromatic rings. The molecule has 4 rings (SSSR count). The molecule has 0 saturated carbocycles. The van der Waals surface area contributed by atoms with E-state index in [0.717, 1.165) is 43.2 Å². The van der Waals surface area contributed by atoms with Gasteiger partial charge in [-0.25, -0.2) is 4.98 Å². The number of carbonyl (C=O) groups excluding carboxylic acids is 1. The fourth-order valence-corrected chi connectivity index (χ4v) is 3.40. The second kappa shape index (κ2) is 8.13. The Kier molecular flexibility index (Phi) is 5.24. The Morgan fingerprint density at radius 2 is 1.54 bits per heavy atom. The van der Waals surface area contributed by atoms with Gasteiger partial charge in [0.2, 0.25) is 0 Å². The number of hydrogen-bond acceptors (Lipinski definition) is 4. The molecule has 0 bridgehead atoms. The van der Waals surface area contributed by atoms with Crippen LogP contribution in [0, 0.1) is 6.92 Å². The summed E-state index contributed by atoms with van der Waals surface area (Å²) in [6.07, 6.45) is 1.84. The first kappa shape index (κ1) is 18.0. The van der Waals surface area contributed by atoms with Crippen molar-refractivity contribution in [3.8, 4) is 0 Å². The summed E-state index contributed by atoms with van der Waals surface area (Å²) in [6.45, 7) is 5.81. The molecule has 0 atom stereocenters. The quantitative estimate of drug-likeness (QED) is 0.753. The summed E-state index contributed by atoms with van der Waals surface area (Å²) in [5.41, 5.74) is 3.79. The first-order valence-corrected chi connectivity index (χ1v) is 9.58. The number of benzene rings is 2. The Morgan fingerprint density at radius 3 is 2.18 bits per heavy atom. The van der Waals surface area contributed by atoms with Crippen LogP contribution in [-0.4, -0.2) is 37.1 Å². The molecule has 1 aliphatic rings. The van der Waals surface area contributed by atoms with Crippen LogP contribution in [0.15, 0.2) is 72.9 Å². The first-order chi connectivity index (χ1) is 13.7. The Balaban J connectivity index is 1.35. The molecule has 1 aromatic heterocycles. The SMILES string of the molecule is Cc1ccc(C(=O)Nc2ccc(N3CCN(c4ccccn4)CC3)cc2)cc1. The van der Waals surface area contributed by atoms with E-state index in [2.05, 4.69) is 38.3 Å². The Morgan fingerprint density at radius 1 is 0.857 bits per heavy atom. The number of nitrogens with zero attached hydrogens (tertiary/aromatic N) is 3. The zero-order chi connectivity index (χ0) is 19.3. The van der Waals surface area contributed by atoms with Gasteiger partial charge in [0.05, 0.1) is 0 Å². The zero-order valence-electron chi connectivity index (χ0n) is 16.0. The molecule has 5 nitrogen and oxygen atoms in total. The molecule has 1 amide bonds. The highest BCUT2D eigenvalue weighted by Crippen LogP contribution is 2.21. The van der Waals surface area contributed by atoms with Crippen molar-refractivity contribution in [2.45, 2.75) is 6.92 Å². The van der Waals surface area contributed by atoms with Gasteiger partial charge in [0.25, 0.3) is 5.91 Å². The maximum absolute atomic E-state index is 12.3. The van der Waals surface area contributed by atoms with Crippen LogP contribution in [0.1, 0.15) is 15.9 Å². The van der Waals surface area contributed by atoms with Crippen molar-refractivity contribution in [1.82, 2.24) is 4.98 Å². The number of carbonyl (C=O) groups is 1. The maximum Gasteiger partial charge on any atom is 0.255 e. The molecule has 0 aliphatic carbocycles. The smallest absolute Gasteiger partial charge is 0.255 e. The minimum Gasteiger partial charge on any atom is -0.368 e. The normalized spacial score (nSPS) is 14.0. The summed E-state index contributed by atoms with van der Waals surface area (Å²) >= 11 is 0. The summed E-state index contributed by atoms with van der Waals surface area (Å²) in [4.78, 5) is 21.5. The van der Waals surface area contributed by atoms with E-state index in [4.69, 9.17) is 0 Å². The van der Waals surface area contributed by atoms with Crippen LogP contribution < -0.4 is 15.1 Å². The number of piperazine rings is 1. The number of nitrogens with one attached hydrogen (secondary N) is 1. The van der Waals surface area contributed by atoms with Gasteiger partial charge in [-0.15, -0.1) is 0 Å². The predicted octanol–water partition coefficient (Wildman–Crippen LogP) is 3.97. The fourth-order valence-electron chi connectivity index (χ4n) is 3.40. The molecule has 1 aliphatic heterocycles. The van der Waals surface area contributed by atoms with E-state index in [1.165, 1.54) is 5.69 Å². The van der Waals surface area contributed by atoms with E-state index in [1.54, 1.807) is 0 Å². The molecule has 2 heterocycles. The summed E-state index contributed by atoms with van der Waals surface area (Å²) in [6, 6.07) is 21.7. The number of rotatable bonds is 4. The van der Waals surface area contributed by atoms with Gasteiger partial charge in [0.15, 0.2) is 0 Å². The van der Waals surface area contributed by atoms with Crippen LogP contribution in [0.2, 0.25) is 0 Å². The number of hydrogen-bond donors (Lipinski definition) is 1. The van der Waals surface area contributed by atoms with Crippen molar-refractivity contribution >= 4 is 23.1 Å². The van der Waals surface area contributed by atoms with Gasteiger partial charge in [-0.2, -0.15) is 0 Å². The van der Waals surface area contributed by atoms with E-state index in [-0.39, 0.29) is 5.91 Å². The molecular weight excluding hydrogens is 348 g/mol. The highest BCUT2D eigenvalue weighted by Gasteiger charge is 2.18. The van der Waals surface area contributed by atoms with Crippen molar-refractivity contribution in [3.63, 3.8) is 0 Å². The van der Waals surface area contributed by atoms with E-state index in [0.29, 0.717) is 5.56 Å². The molecule has 0 spiro atoms. The highest BCUT2D eigenvalue weighted by molar-refractivity contribution is 6.04. The molecule has 5 heteroatoms. The van der Waals surface area contributed by atoms with Crippen molar-refractivity contribution in [2.75, 3.05) is 41.3 Å². The van der Waals surface area contributed by atoms with Crippen LogP contribution >= 0.6 is 0 Å². The standard InChI is InChI=1S/C23H24N4O/c1-18-5-7-19(8-6-18)23(28)25-20-9-11-21(12-10-20)26-14-16-27(17-15-26)22-4-2-3-13-24-22/h2-13H,14-17H2,1H3,(H,25,28). The Labute approximate surface area is 165 Å². The topological polar surface area (TPSA) is 48.5 Å². The largest absolute Gasteiger partial charge is 0.368 e. The number of pyridine rings is 1. The van der Waals surface area contributed by atoms with Gasteiger partial charge in [0, 0.05) is 49.3 Å². The van der Waals surface area contributed by atoms with Gasteiger partial charge in [-0.1, -0.05) is 23.8 Å². The summed E-state index contributed by atoms with van der Waals surface area (Å²) in [5, 5.41) is 2.96. The van der Waals surface area contributed by atoms with Crippen LogP contribution in [0.3, 0.4) is 0 Å². The minimum atomic E-state index is -0.0864. The average molecular weight is 372 g/mol. The van der Waals surface area contributed by atoms with Gasteiger partial charge in [-0.05, 0) is 55.5 Å². The lowest BCUT2D eigenvalue weighted by Gasteiger charge is -2.36. The monoisotopic (exact) mass is 372 g/mol. The van der Waals surface area contributed by atoms with Gasteiger partial charge in [0.1, 0.15) is 5.82 Å². The van der Waals surface area contributed by atoms with Crippen molar-refractivity contribution in [1.29, 1.82) is 0 Å². The van der Waals surface area contributed by atoms with Crippen LogP contribution in [0.4, 0.5) is 17.2 Å². The Hall–Kier alpha value is -3.34. The van der Waals surface area contributed by atoms with E-state index >= 15 is 0 Å². The fraction of sp³-hybridized carbons (Fsp3) is 0.217. The molecule has 1 fully saturated rings. The van der Waals surface area contributed by atoms with Crippen LogP contribution in [0.5, 0.6) is 0 Å². The van der Waals surface area contributed by atoms with E-state index < -0.39 is 0 Å². The molecular formula is C23H24N4O. The number of aryl methyl sites for hydroxylation is 1. The lowest BCUT2D eigenvalue weighted by atomic mass is 10.1. The zero-order valence-corrected chi connectivity index (χ0v) is 16.0. The maximum atomic E-state index is 12.3. The molecule has 142 valence electrons. The second-order valence-corrected chi connectivity index (χ2v) is 7.03. The summed E-state index contributed by atoms with van der Waals surface area (Å²) < 4.78 is 0. The Bertz CT molecular complexity index is 915. The van der Waals surface area contributed by atoms with E-state index in [1.807, 2.05) is 61.7 Å². The predicted molar refractivity (Wildman–Crippen MR) is 114 cm³/mol. The van der Waals surface area contributed by atoms with Gasteiger partial charge >= 0.3 is 0 Å². The molecule has 28 heavy (non-hydrogen) atoms. The minimum absolute atomic E-state index is 0.0864. The van der Waals surface area contributed by atoms with E-state index in [9.17, 15) is 4.79 Å². The van der Waals surface area contributed by atoms with Crippen molar-refractivity contribution < 1.29 is 4.79 Å². The summed E-state index contributed by atoms with van der Waals surface area (Å²) in [7, 11) is 0. The van der Waals surface area contributed by atoms with Crippen LogP contribution in [-0.2, 0) is 0 Å². The molecule has 1 saturated heterocycles. The average Bonchev–Trinajstić information content (AvgIpc) is 2.75. The molecule has 0 radical (unpaired) electrons. The lowest BCUT2D eigenvalue weighted by Crippen LogP contribution is -2.46. The molecule has 1 N–H and O–H groups in total. The van der Waals surface area contributed by atoms with Crippen molar-refractivity contribution in [2.24, 2.45) is 0 Å². The highest BCUT2D eigenvalue weighted by atomic mass is 16.1. The lowest BCUT2D eigenvalue weighted by molar-refractivity contribution is 0.102. The molecule has 0 unspecified atom stereocenters. The third-order valence-electron chi connectivity index (χ3n) is 5.06. The first-order valence-electron chi connectivity index (χ1n) is 9.58. The van der Waals surface area contributed by atoms with Gasteiger partial charge < -0.3 is 15.1 Å². The molecule has 2 aromatic carbocycles. The van der Waals surface area contributed by atoms with Crippen LogP contribution in [0.25, 0.3) is 0 Å². The number of aromatic nitrogens is 1. The number of amides is 1.